The van der Waals surface area contributed by atoms with Crippen LogP contribution in [-0.4, -0.2) is 36.6 Å². The minimum absolute atomic E-state index is 0.484. The van der Waals surface area contributed by atoms with Crippen LogP contribution in [-0.2, 0) is 14.4 Å². The monoisotopic (exact) mass is 381 g/mol. The summed E-state index contributed by atoms with van der Waals surface area (Å²) < 4.78 is -1.64. The summed E-state index contributed by atoms with van der Waals surface area (Å²) in [6.45, 7) is 0.706. The lowest BCUT2D eigenvalue weighted by molar-refractivity contribution is -0.419. The van der Waals surface area contributed by atoms with E-state index in [2.05, 4.69) is 15.9 Å². The van der Waals surface area contributed by atoms with Gasteiger partial charge in [-0.3, -0.25) is 24.5 Å². The topological polar surface area (TPSA) is 135 Å². The lowest BCUT2D eigenvalue weighted by atomic mass is 9.77. The first kappa shape index (κ1) is 17.3. The van der Waals surface area contributed by atoms with E-state index in [0.717, 1.165) is 18.2 Å². The number of carboxylic acid groups (broad SMARTS) is 2. The van der Waals surface area contributed by atoms with Gasteiger partial charge in [-0.15, -0.1) is 11.6 Å². The highest BCUT2D eigenvalue weighted by molar-refractivity contribution is 9.10. The number of allylic oxidation sites excluding steroid dienone is 3. The molecule has 0 spiro atoms. The molecule has 0 bridgehead atoms. The summed E-state index contributed by atoms with van der Waals surface area (Å²) in [5, 5.41) is 28.8. The Kier molecular flexibility index (Phi) is 4.59. The van der Waals surface area contributed by atoms with Crippen molar-refractivity contribution in [2.75, 3.05) is 0 Å². The van der Waals surface area contributed by atoms with Gasteiger partial charge >= 0.3 is 11.9 Å². The molecule has 0 saturated heterocycles. The molecule has 8 nitrogen and oxygen atoms in total. The number of hydrogen-bond acceptors (Lipinski definition) is 5. The highest BCUT2D eigenvalue weighted by atomic mass is 79.9. The van der Waals surface area contributed by atoms with Gasteiger partial charge in [0.2, 0.25) is 5.41 Å². The molecule has 0 amide bonds. The molecule has 0 heterocycles. The molecule has 0 aromatic carbocycles. The smallest absolute Gasteiger partial charge is 0.328 e. The van der Waals surface area contributed by atoms with Crippen molar-refractivity contribution in [2.24, 2.45) is 11.3 Å². The van der Waals surface area contributed by atoms with E-state index in [1.807, 2.05) is 0 Å². The molecule has 0 aliphatic heterocycles. The van der Waals surface area contributed by atoms with E-state index in [4.69, 9.17) is 21.8 Å². The number of ketones is 1. The van der Waals surface area contributed by atoms with E-state index in [1.54, 1.807) is 0 Å². The Balaban J connectivity index is 3.38. The fraction of sp³-hybridized carbons (Fsp3) is 0.364. The molecule has 0 aromatic heterocycles. The van der Waals surface area contributed by atoms with Crippen molar-refractivity contribution in [1.82, 2.24) is 0 Å². The average Bonchev–Trinajstić information content (AvgIpc) is 2.35. The Bertz CT molecular complexity index is 581. The first-order valence-electron chi connectivity index (χ1n) is 5.39. The van der Waals surface area contributed by atoms with Crippen molar-refractivity contribution < 1.29 is 29.5 Å². The lowest BCUT2D eigenvalue weighted by Gasteiger charge is -2.30. The molecule has 0 radical (unpaired) electrons. The van der Waals surface area contributed by atoms with Crippen LogP contribution in [0.4, 0.5) is 0 Å². The molecular weight excluding hydrogens is 373 g/mol. The molecule has 0 fully saturated rings. The van der Waals surface area contributed by atoms with Crippen molar-refractivity contribution in [2.45, 2.75) is 10.7 Å². The van der Waals surface area contributed by atoms with Gasteiger partial charge in [0.1, 0.15) is 3.78 Å². The van der Waals surface area contributed by atoms with Crippen molar-refractivity contribution in [3.63, 3.8) is 0 Å². The van der Waals surface area contributed by atoms with Gasteiger partial charge in [0.25, 0.3) is 5.70 Å². The second-order valence-corrected chi connectivity index (χ2v) is 6.83. The summed E-state index contributed by atoms with van der Waals surface area (Å²) in [6, 6.07) is 0. The predicted octanol–water partition coefficient (Wildman–Crippen LogP) is 1.41. The Hall–Kier alpha value is -1.74. The number of nitrogens with zero attached hydrogens (tertiary/aromatic N) is 1. The first-order chi connectivity index (χ1) is 9.44. The fourth-order valence-corrected chi connectivity index (χ4v) is 2.32. The second kappa shape index (κ2) is 5.57. The summed E-state index contributed by atoms with van der Waals surface area (Å²) in [6.07, 6.45) is 2.94. The zero-order valence-corrected chi connectivity index (χ0v) is 12.8. The largest absolute Gasteiger partial charge is 0.480 e. The van der Waals surface area contributed by atoms with E-state index in [9.17, 15) is 24.5 Å². The molecule has 21 heavy (non-hydrogen) atoms. The third-order valence-corrected chi connectivity index (χ3v) is 4.19. The maximum Gasteiger partial charge on any atom is 0.328 e. The Morgan fingerprint density at radius 1 is 1.43 bits per heavy atom. The van der Waals surface area contributed by atoms with Gasteiger partial charge in [-0.25, -0.2) is 0 Å². The molecule has 0 aromatic rings. The third kappa shape index (κ3) is 2.98. The molecular formula is C11H9BrClNO7. The number of carbonyl (C=O) groups is 3. The minimum Gasteiger partial charge on any atom is -0.480 e. The van der Waals surface area contributed by atoms with Crippen LogP contribution in [0.5, 0.6) is 0 Å². The number of hydrogen-bond donors (Lipinski definition) is 2. The molecule has 0 saturated carbocycles. The van der Waals surface area contributed by atoms with Crippen molar-refractivity contribution in [1.29, 1.82) is 0 Å². The first-order valence-corrected chi connectivity index (χ1v) is 6.56. The van der Waals surface area contributed by atoms with Crippen LogP contribution in [0.15, 0.2) is 23.9 Å². The predicted molar refractivity (Wildman–Crippen MR) is 73.6 cm³/mol. The number of aliphatic carboxylic acids is 2. The van der Waals surface area contributed by atoms with E-state index < -0.39 is 43.5 Å². The van der Waals surface area contributed by atoms with Crippen LogP contribution in [0.1, 0.15) is 6.92 Å². The second-order valence-electron chi connectivity index (χ2n) is 4.43. The molecule has 1 aliphatic carbocycles. The summed E-state index contributed by atoms with van der Waals surface area (Å²) in [7, 11) is 0. The molecule has 2 unspecified atom stereocenters. The normalized spacial score (nSPS) is 25.1. The van der Waals surface area contributed by atoms with Crippen LogP contribution in [0, 0.1) is 21.4 Å². The number of halogens is 2. The molecule has 10 heteroatoms. The number of carbonyl (C=O) groups excluding carboxylic acids is 1. The van der Waals surface area contributed by atoms with Gasteiger partial charge in [-0.1, -0.05) is 15.9 Å². The molecule has 114 valence electrons. The highest BCUT2D eigenvalue weighted by Gasteiger charge is 2.55. The van der Waals surface area contributed by atoms with Crippen LogP contribution in [0.3, 0.4) is 0 Å². The van der Waals surface area contributed by atoms with Gasteiger partial charge in [-0.05, 0) is 13.0 Å². The molecule has 2 atom stereocenters. The van der Waals surface area contributed by atoms with Gasteiger partial charge in [0, 0.05) is 12.2 Å². The fourth-order valence-electron chi connectivity index (χ4n) is 1.62. The number of Topliss-reactive ketones (excluding diaryl/α,β-unsaturated/α-hetero) is 1. The van der Waals surface area contributed by atoms with E-state index in [1.165, 1.54) is 0 Å². The zero-order chi connectivity index (χ0) is 16.6. The number of nitro groups is 1. The zero-order valence-electron chi connectivity index (χ0n) is 10.4. The summed E-state index contributed by atoms with van der Waals surface area (Å²) >= 11 is 8.91. The van der Waals surface area contributed by atoms with E-state index in [0.29, 0.717) is 6.92 Å². The molecule has 1 rings (SSSR count). The highest BCUT2D eigenvalue weighted by Crippen LogP contribution is 2.42. The summed E-state index contributed by atoms with van der Waals surface area (Å²) in [5.41, 5.74) is -3.26. The standard InChI is InChI=1S/C11H9BrClNO7/c1-10(8(16)17,9(18)19)7(15)6-4-5(14(20)21)2-3-11(6,12)13/h2-4,6H,1H3,(H,16,17)(H,18,19). The van der Waals surface area contributed by atoms with Crippen molar-refractivity contribution in [3.05, 3.63) is 34.0 Å². The van der Waals surface area contributed by atoms with Crippen LogP contribution in [0.2, 0.25) is 0 Å². The summed E-state index contributed by atoms with van der Waals surface area (Å²) in [4.78, 5) is 44.5. The SMILES string of the molecule is CC(C(=O)O)(C(=O)O)C(=O)C1C=C([N+](=O)[O-])C=CC1(Cl)Br. The molecule has 2 N–H and O–H groups in total. The third-order valence-electron chi connectivity index (χ3n) is 3.07. The summed E-state index contributed by atoms with van der Waals surface area (Å²) in [5.74, 6) is -6.59. The quantitative estimate of drug-likeness (QED) is 0.317. The Morgan fingerprint density at radius 2 is 1.90 bits per heavy atom. The van der Waals surface area contributed by atoms with Crippen LogP contribution in [0.25, 0.3) is 0 Å². The maximum atomic E-state index is 12.3. The van der Waals surface area contributed by atoms with Crippen molar-refractivity contribution >= 4 is 45.3 Å². The van der Waals surface area contributed by atoms with Crippen LogP contribution >= 0.6 is 27.5 Å². The maximum absolute atomic E-state index is 12.3. The van der Waals surface area contributed by atoms with Gasteiger partial charge in [-0.2, -0.15) is 0 Å². The Labute approximate surface area is 131 Å². The number of carboxylic acids is 2. The Morgan fingerprint density at radius 3 is 2.29 bits per heavy atom. The van der Waals surface area contributed by atoms with Gasteiger partial charge < -0.3 is 10.2 Å². The average molecular weight is 383 g/mol. The number of alkyl halides is 2. The van der Waals surface area contributed by atoms with Crippen molar-refractivity contribution in [3.8, 4) is 0 Å². The van der Waals surface area contributed by atoms with E-state index in [-0.39, 0.29) is 0 Å². The lowest BCUT2D eigenvalue weighted by Crippen LogP contribution is -2.50. The minimum atomic E-state index is -2.78. The van der Waals surface area contributed by atoms with E-state index >= 15 is 0 Å². The van der Waals surface area contributed by atoms with Crippen LogP contribution < -0.4 is 0 Å². The number of rotatable bonds is 5. The van der Waals surface area contributed by atoms with Gasteiger partial charge in [0.05, 0.1) is 10.8 Å². The molecule has 1 aliphatic rings. The van der Waals surface area contributed by atoms with Gasteiger partial charge in [0.15, 0.2) is 5.78 Å².